The predicted octanol–water partition coefficient (Wildman–Crippen LogP) is 1.60. The van der Waals surface area contributed by atoms with Gasteiger partial charge in [0.05, 0.1) is 18.2 Å². The minimum absolute atomic E-state index is 0. The number of oxazole rings is 1. The van der Waals surface area contributed by atoms with E-state index in [0.717, 1.165) is 24.3 Å². The third-order valence-electron chi connectivity index (χ3n) is 3.17. The molecule has 1 aliphatic heterocycles. The predicted molar refractivity (Wildman–Crippen MR) is 77.4 cm³/mol. The molecule has 1 fully saturated rings. The lowest BCUT2D eigenvalue weighted by Crippen LogP contribution is -2.50. The lowest BCUT2D eigenvalue weighted by molar-refractivity contribution is -0.126. The lowest BCUT2D eigenvalue weighted by atomic mass is 10.0. The molecule has 0 radical (unpaired) electrons. The molecule has 2 heterocycles. The number of aromatic nitrogens is 1. The number of hydrogen-bond acceptors (Lipinski definition) is 4. The number of halogens is 1. The van der Waals surface area contributed by atoms with Crippen molar-refractivity contribution in [1.29, 1.82) is 0 Å². The fourth-order valence-electron chi connectivity index (χ4n) is 1.90. The summed E-state index contributed by atoms with van der Waals surface area (Å²) in [5.41, 5.74) is 1.67. The SMILES string of the molecule is Cl.O=C(NCc1coc(-c2ccccc2)n1)C1CNC1. The minimum Gasteiger partial charge on any atom is -0.444 e. The molecule has 6 heteroatoms. The van der Waals surface area contributed by atoms with Gasteiger partial charge >= 0.3 is 0 Å². The summed E-state index contributed by atoms with van der Waals surface area (Å²) in [5, 5.41) is 5.94. The highest BCUT2D eigenvalue weighted by molar-refractivity contribution is 5.85. The molecule has 0 atom stereocenters. The van der Waals surface area contributed by atoms with Crippen molar-refractivity contribution >= 4 is 18.3 Å². The Morgan fingerprint density at radius 1 is 1.35 bits per heavy atom. The van der Waals surface area contributed by atoms with Crippen LogP contribution in [0, 0.1) is 5.92 Å². The van der Waals surface area contributed by atoms with Crippen LogP contribution in [0.4, 0.5) is 0 Å². The molecule has 20 heavy (non-hydrogen) atoms. The Morgan fingerprint density at radius 2 is 2.10 bits per heavy atom. The molecule has 0 aliphatic carbocycles. The number of carbonyl (C=O) groups is 1. The Balaban J connectivity index is 0.00000147. The zero-order valence-corrected chi connectivity index (χ0v) is 11.7. The van der Waals surface area contributed by atoms with Crippen LogP contribution in [0.15, 0.2) is 41.0 Å². The van der Waals surface area contributed by atoms with Gasteiger partial charge in [-0.15, -0.1) is 12.4 Å². The van der Waals surface area contributed by atoms with Gasteiger partial charge in [-0.3, -0.25) is 4.79 Å². The fourth-order valence-corrected chi connectivity index (χ4v) is 1.90. The summed E-state index contributed by atoms with van der Waals surface area (Å²) in [6, 6.07) is 9.69. The van der Waals surface area contributed by atoms with E-state index in [0.29, 0.717) is 12.4 Å². The minimum atomic E-state index is 0. The van der Waals surface area contributed by atoms with Gasteiger partial charge < -0.3 is 15.1 Å². The van der Waals surface area contributed by atoms with Crippen LogP contribution in [0.5, 0.6) is 0 Å². The average molecular weight is 294 g/mol. The number of benzene rings is 1. The largest absolute Gasteiger partial charge is 0.444 e. The molecular weight excluding hydrogens is 278 g/mol. The highest BCUT2D eigenvalue weighted by Gasteiger charge is 2.24. The van der Waals surface area contributed by atoms with E-state index in [-0.39, 0.29) is 24.2 Å². The number of carbonyl (C=O) groups excluding carboxylic acids is 1. The van der Waals surface area contributed by atoms with Crippen LogP contribution in [0.1, 0.15) is 5.69 Å². The molecule has 5 nitrogen and oxygen atoms in total. The number of amides is 1. The number of rotatable bonds is 4. The van der Waals surface area contributed by atoms with Crippen molar-refractivity contribution in [1.82, 2.24) is 15.6 Å². The van der Waals surface area contributed by atoms with Gasteiger partial charge in [0.1, 0.15) is 6.26 Å². The summed E-state index contributed by atoms with van der Waals surface area (Å²) in [5.74, 6) is 0.749. The van der Waals surface area contributed by atoms with Crippen LogP contribution in [0.25, 0.3) is 11.5 Å². The molecule has 0 saturated carbocycles. The Labute approximate surface area is 123 Å². The third kappa shape index (κ3) is 3.18. The quantitative estimate of drug-likeness (QED) is 0.898. The maximum atomic E-state index is 11.7. The normalized spacial score (nSPS) is 14.2. The average Bonchev–Trinajstić information content (AvgIpc) is 2.84. The Kier molecular flexibility index (Phi) is 4.76. The third-order valence-corrected chi connectivity index (χ3v) is 3.17. The summed E-state index contributed by atoms with van der Waals surface area (Å²) < 4.78 is 5.41. The van der Waals surface area contributed by atoms with Crippen molar-refractivity contribution in [2.24, 2.45) is 5.92 Å². The molecule has 1 saturated heterocycles. The van der Waals surface area contributed by atoms with Gasteiger partial charge in [0.15, 0.2) is 0 Å². The first-order valence-corrected chi connectivity index (χ1v) is 6.31. The van der Waals surface area contributed by atoms with E-state index < -0.39 is 0 Å². The summed E-state index contributed by atoms with van der Waals surface area (Å²) in [6.07, 6.45) is 1.58. The smallest absolute Gasteiger partial charge is 0.226 e. The Bertz CT molecular complexity index is 567. The van der Waals surface area contributed by atoms with Crippen molar-refractivity contribution < 1.29 is 9.21 Å². The molecular formula is C14H16ClN3O2. The van der Waals surface area contributed by atoms with Gasteiger partial charge in [-0.1, -0.05) is 18.2 Å². The standard InChI is InChI=1S/C14H15N3O2.ClH/c18-13(11-6-15-7-11)16-8-12-9-19-14(17-12)10-4-2-1-3-5-10;/h1-5,9,11,15H,6-8H2,(H,16,18);1H. The molecule has 3 rings (SSSR count). The molecule has 0 unspecified atom stereocenters. The van der Waals surface area contributed by atoms with Crippen LogP contribution in [0.3, 0.4) is 0 Å². The van der Waals surface area contributed by atoms with E-state index >= 15 is 0 Å². The van der Waals surface area contributed by atoms with Crippen molar-refractivity contribution in [3.8, 4) is 11.5 Å². The van der Waals surface area contributed by atoms with E-state index in [1.54, 1.807) is 6.26 Å². The van der Waals surface area contributed by atoms with Gasteiger partial charge in [0, 0.05) is 18.7 Å². The molecule has 0 spiro atoms. The molecule has 1 aromatic heterocycles. The van der Waals surface area contributed by atoms with E-state index in [4.69, 9.17) is 4.42 Å². The summed E-state index contributed by atoms with van der Waals surface area (Å²) >= 11 is 0. The molecule has 106 valence electrons. The van der Waals surface area contributed by atoms with Crippen LogP contribution in [-0.4, -0.2) is 24.0 Å². The van der Waals surface area contributed by atoms with Crippen molar-refractivity contribution in [3.05, 3.63) is 42.3 Å². The number of nitrogens with one attached hydrogen (secondary N) is 2. The van der Waals surface area contributed by atoms with Gasteiger partial charge in [-0.25, -0.2) is 4.98 Å². The van der Waals surface area contributed by atoms with E-state index in [1.807, 2.05) is 30.3 Å². The van der Waals surface area contributed by atoms with E-state index in [9.17, 15) is 4.79 Å². The van der Waals surface area contributed by atoms with Crippen molar-refractivity contribution in [2.75, 3.05) is 13.1 Å². The monoisotopic (exact) mass is 293 g/mol. The number of nitrogens with zero attached hydrogens (tertiary/aromatic N) is 1. The topological polar surface area (TPSA) is 67.2 Å². The first-order chi connectivity index (χ1) is 9.33. The summed E-state index contributed by atoms with van der Waals surface area (Å²) in [4.78, 5) is 16.0. The molecule has 1 amide bonds. The second-order valence-corrected chi connectivity index (χ2v) is 4.58. The van der Waals surface area contributed by atoms with Gasteiger partial charge in [0.25, 0.3) is 0 Å². The zero-order chi connectivity index (χ0) is 13.1. The van der Waals surface area contributed by atoms with Gasteiger partial charge in [-0.2, -0.15) is 0 Å². The maximum absolute atomic E-state index is 11.7. The van der Waals surface area contributed by atoms with Crippen molar-refractivity contribution in [3.63, 3.8) is 0 Å². The molecule has 2 aromatic rings. The number of hydrogen-bond donors (Lipinski definition) is 2. The first-order valence-electron chi connectivity index (χ1n) is 6.31. The lowest BCUT2D eigenvalue weighted by Gasteiger charge is -2.25. The zero-order valence-electron chi connectivity index (χ0n) is 10.8. The summed E-state index contributed by atoms with van der Waals surface area (Å²) in [7, 11) is 0. The van der Waals surface area contributed by atoms with E-state index in [1.165, 1.54) is 0 Å². The van der Waals surface area contributed by atoms with Gasteiger partial charge in [0.2, 0.25) is 11.8 Å². The summed E-state index contributed by atoms with van der Waals surface area (Å²) in [6.45, 7) is 1.94. The van der Waals surface area contributed by atoms with Crippen LogP contribution in [0.2, 0.25) is 0 Å². The highest BCUT2D eigenvalue weighted by atomic mass is 35.5. The Morgan fingerprint density at radius 3 is 2.75 bits per heavy atom. The van der Waals surface area contributed by atoms with Crippen molar-refractivity contribution in [2.45, 2.75) is 6.54 Å². The molecule has 0 bridgehead atoms. The fraction of sp³-hybridized carbons (Fsp3) is 0.286. The maximum Gasteiger partial charge on any atom is 0.226 e. The second kappa shape index (κ2) is 6.54. The molecule has 1 aromatic carbocycles. The van der Waals surface area contributed by atoms with Crippen LogP contribution >= 0.6 is 12.4 Å². The van der Waals surface area contributed by atoms with Gasteiger partial charge in [-0.05, 0) is 12.1 Å². The van der Waals surface area contributed by atoms with E-state index in [2.05, 4.69) is 15.6 Å². The molecule has 2 N–H and O–H groups in total. The first kappa shape index (κ1) is 14.6. The van der Waals surface area contributed by atoms with Crippen LogP contribution in [-0.2, 0) is 11.3 Å². The Hall–Kier alpha value is -1.85. The van der Waals surface area contributed by atoms with Crippen LogP contribution < -0.4 is 10.6 Å². The molecule has 1 aliphatic rings. The highest BCUT2D eigenvalue weighted by Crippen LogP contribution is 2.17. The second-order valence-electron chi connectivity index (χ2n) is 4.58.